The van der Waals surface area contributed by atoms with Crippen LogP contribution in [-0.2, 0) is 4.79 Å². The van der Waals surface area contributed by atoms with Crippen LogP contribution in [0.15, 0.2) is 46.0 Å². The smallest absolute Gasteiger partial charge is 0.237 e. The van der Waals surface area contributed by atoms with Crippen LogP contribution in [0.2, 0.25) is 0 Å². The maximum atomic E-state index is 13.8. The van der Waals surface area contributed by atoms with E-state index in [1.807, 2.05) is 18.2 Å². The second-order valence-electron chi connectivity index (χ2n) is 5.30. The molecule has 0 spiro atoms. The fourth-order valence-electron chi connectivity index (χ4n) is 2.19. The van der Waals surface area contributed by atoms with Gasteiger partial charge >= 0.3 is 0 Å². The van der Waals surface area contributed by atoms with Gasteiger partial charge in [-0.25, -0.2) is 9.37 Å². The summed E-state index contributed by atoms with van der Waals surface area (Å²) < 4.78 is 19.6. The van der Waals surface area contributed by atoms with Crippen molar-refractivity contribution in [3.05, 3.63) is 46.7 Å². The van der Waals surface area contributed by atoms with Crippen LogP contribution >= 0.6 is 27.7 Å². The Morgan fingerprint density at radius 3 is 2.88 bits per heavy atom. The summed E-state index contributed by atoms with van der Waals surface area (Å²) in [5, 5.41) is 2.75. The minimum absolute atomic E-state index is 0.148. The summed E-state index contributed by atoms with van der Waals surface area (Å²) in [5.41, 5.74) is 1.76. The Hall–Kier alpha value is -2.06. The number of ether oxygens (including phenoxy) is 1. The molecular weight excluding hydrogens is 409 g/mol. The number of H-pyrrole nitrogens is 1. The number of rotatable bonds is 5. The molecule has 5 nitrogen and oxygen atoms in total. The molecule has 0 aliphatic rings. The number of benzene rings is 2. The first kappa shape index (κ1) is 17.8. The zero-order valence-corrected chi connectivity index (χ0v) is 15.9. The van der Waals surface area contributed by atoms with Crippen molar-refractivity contribution < 1.29 is 13.9 Å². The minimum atomic E-state index is -0.490. The number of fused-ring (bicyclic) bond motifs is 1. The van der Waals surface area contributed by atoms with Gasteiger partial charge in [0.2, 0.25) is 5.91 Å². The normalized spacial score (nSPS) is 12.2. The number of aromatic amines is 1. The van der Waals surface area contributed by atoms with E-state index in [0.29, 0.717) is 9.63 Å². The van der Waals surface area contributed by atoms with Crippen molar-refractivity contribution in [2.45, 2.75) is 17.3 Å². The molecular formula is C17H15BrFN3O2S. The van der Waals surface area contributed by atoms with Crippen LogP contribution in [0.5, 0.6) is 5.75 Å². The van der Waals surface area contributed by atoms with Crippen molar-refractivity contribution in [2.75, 3.05) is 12.4 Å². The van der Waals surface area contributed by atoms with E-state index >= 15 is 0 Å². The summed E-state index contributed by atoms with van der Waals surface area (Å²) in [4.78, 5) is 19.9. The summed E-state index contributed by atoms with van der Waals surface area (Å²) in [5.74, 6) is -0.0655. The van der Waals surface area contributed by atoms with Gasteiger partial charge in [0.1, 0.15) is 11.6 Å². The van der Waals surface area contributed by atoms with Crippen LogP contribution in [0.1, 0.15) is 6.92 Å². The number of carbonyl (C=O) groups is 1. The highest BCUT2D eigenvalue weighted by Crippen LogP contribution is 2.27. The average Bonchev–Trinajstić information content (AvgIpc) is 2.98. The molecule has 0 saturated heterocycles. The van der Waals surface area contributed by atoms with E-state index in [9.17, 15) is 9.18 Å². The molecule has 3 aromatic rings. The number of hydrogen-bond donors (Lipinski definition) is 2. The zero-order chi connectivity index (χ0) is 18.0. The summed E-state index contributed by atoms with van der Waals surface area (Å²) in [6.07, 6.45) is 0. The van der Waals surface area contributed by atoms with Crippen molar-refractivity contribution in [3.8, 4) is 5.75 Å². The number of thioether (sulfide) groups is 1. The Kier molecular flexibility index (Phi) is 5.29. The van der Waals surface area contributed by atoms with Crippen molar-refractivity contribution in [1.29, 1.82) is 0 Å². The zero-order valence-electron chi connectivity index (χ0n) is 13.5. The van der Waals surface area contributed by atoms with Gasteiger partial charge in [0.05, 0.1) is 29.1 Å². The Labute approximate surface area is 156 Å². The minimum Gasteiger partial charge on any atom is -0.497 e. The van der Waals surface area contributed by atoms with E-state index in [2.05, 4.69) is 31.2 Å². The van der Waals surface area contributed by atoms with Crippen molar-refractivity contribution in [2.24, 2.45) is 0 Å². The molecule has 2 aromatic carbocycles. The van der Waals surface area contributed by atoms with E-state index in [0.717, 1.165) is 16.8 Å². The molecule has 0 saturated carbocycles. The molecule has 1 amide bonds. The van der Waals surface area contributed by atoms with Gasteiger partial charge in [-0.05, 0) is 37.3 Å². The average molecular weight is 424 g/mol. The molecule has 0 aliphatic heterocycles. The quantitative estimate of drug-likeness (QED) is 0.588. The highest BCUT2D eigenvalue weighted by Gasteiger charge is 2.18. The van der Waals surface area contributed by atoms with Crippen LogP contribution in [0, 0.1) is 5.82 Å². The SMILES string of the molecule is COc1ccc2nc(SC(C)C(=O)Nc3ccc(Br)cc3F)[nH]c2c1. The molecule has 0 aliphatic carbocycles. The lowest BCUT2D eigenvalue weighted by Crippen LogP contribution is -2.23. The molecule has 0 bridgehead atoms. The van der Waals surface area contributed by atoms with Gasteiger partial charge in [-0.3, -0.25) is 4.79 Å². The molecule has 0 radical (unpaired) electrons. The Morgan fingerprint density at radius 2 is 2.16 bits per heavy atom. The fourth-order valence-corrected chi connectivity index (χ4v) is 3.35. The van der Waals surface area contributed by atoms with E-state index in [4.69, 9.17) is 4.74 Å². The second-order valence-corrected chi connectivity index (χ2v) is 7.54. The van der Waals surface area contributed by atoms with Crippen LogP contribution in [-0.4, -0.2) is 28.2 Å². The highest BCUT2D eigenvalue weighted by molar-refractivity contribution is 9.10. The van der Waals surface area contributed by atoms with Crippen LogP contribution in [0.4, 0.5) is 10.1 Å². The van der Waals surface area contributed by atoms with Crippen LogP contribution < -0.4 is 10.1 Å². The number of anilines is 1. The van der Waals surface area contributed by atoms with Gasteiger partial charge in [-0.2, -0.15) is 0 Å². The molecule has 1 atom stereocenters. The monoisotopic (exact) mass is 423 g/mol. The van der Waals surface area contributed by atoms with Crippen molar-refractivity contribution in [1.82, 2.24) is 9.97 Å². The first-order chi connectivity index (χ1) is 12.0. The molecule has 3 rings (SSSR count). The van der Waals surface area contributed by atoms with E-state index in [-0.39, 0.29) is 11.6 Å². The summed E-state index contributed by atoms with van der Waals surface area (Å²) in [6, 6.07) is 10.0. The number of halogens is 2. The Morgan fingerprint density at radius 1 is 1.36 bits per heavy atom. The third-order valence-corrected chi connectivity index (χ3v) is 4.99. The molecule has 25 heavy (non-hydrogen) atoms. The number of methoxy groups -OCH3 is 1. The Balaban J connectivity index is 1.70. The molecule has 2 N–H and O–H groups in total. The van der Waals surface area contributed by atoms with Crippen molar-refractivity contribution in [3.63, 3.8) is 0 Å². The van der Waals surface area contributed by atoms with Gasteiger partial charge in [-0.1, -0.05) is 27.7 Å². The largest absolute Gasteiger partial charge is 0.497 e. The number of imidazole rings is 1. The van der Waals surface area contributed by atoms with Crippen LogP contribution in [0.3, 0.4) is 0 Å². The number of nitrogens with zero attached hydrogens (tertiary/aromatic N) is 1. The lowest BCUT2D eigenvalue weighted by Gasteiger charge is -2.11. The van der Waals surface area contributed by atoms with Gasteiger partial charge < -0.3 is 15.0 Å². The third kappa shape index (κ3) is 4.13. The maximum Gasteiger partial charge on any atom is 0.237 e. The molecule has 1 aromatic heterocycles. The molecule has 1 heterocycles. The van der Waals surface area contributed by atoms with Gasteiger partial charge in [0.25, 0.3) is 0 Å². The Bertz CT molecular complexity index is 931. The van der Waals surface area contributed by atoms with E-state index in [1.54, 1.807) is 20.1 Å². The number of nitrogens with one attached hydrogen (secondary N) is 2. The maximum absolute atomic E-state index is 13.8. The van der Waals surface area contributed by atoms with E-state index in [1.165, 1.54) is 23.9 Å². The summed E-state index contributed by atoms with van der Waals surface area (Å²) in [7, 11) is 1.60. The van der Waals surface area contributed by atoms with Gasteiger partial charge in [0.15, 0.2) is 5.16 Å². The summed E-state index contributed by atoms with van der Waals surface area (Å²) in [6.45, 7) is 1.74. The standard InChI is InChI=1S/C17H15BrFN3O2S/c1-9(16(23)20-13-5-3-10(18)7-12(13)19)25-17-21-14-6-4-11(24-2)8-15(14)22-17/h3-9H,1-2H3,(H,20,23)(H,21,22). The lowest BCUT2D eigenvalue weighted by molar-refractivity contribution is -0.115. The second kappa shape index (κ2) is 7.45. The topological polar surface area (TPSA) is 67.0 Å². The first-order valence-corrected chi connectivity index (χ1v) is 9.10. The third-order valence-electron chi connectivity index (χ3n) is 3.51. The number of hydrogen-bond acceptors (Lipinski definition) is 4. The van der Waals surface area contributed by atoms with Crippen molar-refractivity contribution >= 4 is 50.3 Å². The van der Waals surface area contributed by atoms with Gasteiger partial charge in [0, 0.05) is 10.5 Å². The van der Waals surface area contributed by atoms with Gasteiger partial charge in [-0.15, -0.1) is 0 Å². The molecule has 1 unspecified atom stereocenters. The molecule has 0 fully saturated rings. The first-order valence-electron chi connectivity index (χ1n) is 7.42. The highest BCUT2D eigenvalue weighted by atomic mass is 79.9. The summed E-state index contributed by atoms with van der Waals surface area (Å²) >= 11 is 4.45. The molecule has 130 valence electrons. The predicted octanol–water partition coefficient (Wildman–Crippen LogP) is 4.59. The van der Waals surface area contributed by atoms with E-state index < -0.39 is 11.1 Å². The predicted molar refractivity (Wildman–Crippen MR) is 101 cm³/mol. The molecule has 8 heteroatoms. The lowest BCUT2D eigenvalue weighted by atomic mass is 10.3. The number of aromatic nitrogens is 2. The number of carbonyl (C=O) groups excluding carboxylic acids is 1. The number of amides is 1. The fraction of sp³-hybridized carbons (Fsp3) is 0.176. The van der Waals surface area contributed by atoms with Crippen LogP contribution in [0.25, 0.3) is 11.0 Å².